The molecule has 3 amide bonds. The van der Waals surface area contributed by atoms with Gasteiger partial charge in [-0.3, -0.25) is 19.7 Å². The molecule has 7 rings (SSSR count). The fourth-order valence-corrected chi connectivity index (χ4v) is 6.57. The van der Waals surface area contributed by atoms with Gasteiger partial charge >= 0.3 is 0 Å². The van der Waals surface area contributed by atoms with E-state index in [4.69, 9.17) is 9.47 Å². The highest BCUT2D eigenvalue weighted by atomic mass is 19.1. The third kappa shape index (κ3) is 5.08. The third-order valence-electron chi connectivity index (χ3n) is 9.06. The van der Waals surface area contributed by atoms with E-state index in [0.29, 0.717) is 45.7 Å². The van der Waals surface area contributed by atoms with Crippen LogP contribution >= 0.6 is 0 Å². The molecule has 2 saturated heterocycles. The van der Waals surface area contributed by atoms with Crippen LogP contribution in [0.4, 0.5) is 14.5 Å². The predicted molar refractivity (Wildman–Crippen MR) is 153 cm³/mol. The second kappa shape index (κ2) is 10.7. The molecule has 3 heterocycles. The Hall–Kier alpha value is -4.47. The first-order valence-corrected chi connectivity index (χ1v) is 14.6. The molecular formula is C33H31F2N3O5. The Labute approximate surface area is 247 Å². The van der Waals surface area contributed by atoms with E-state index in [1.807, 2.05) is 6.07 Å². The van der Waals surface area contributed by atoms with Gasteiger partial charge in [0, 0.05) is 59.8 Å². The van der Waals surface area contributed by atoms with Crippen molar-refractivity contribution in [1.82, 2.24) is 10.2 Å². The predicted octanol–water partition coefficient (Wildman–Crippen LogP) is 4.66. The Balaban J connectivity index is 0.976. The lowest BCUT2D eigenvalue weighted by Gasteiger charge is -2.33. The zero-order chi connectivity index (χ0) is 29.8. The molecule has 1 saturated carbocycles. The number of hydrogen-bond acceptors (Lipinski definition) is 6. The Bertz CT molecular complexity index is 1640. The Morgan fingerprint density at radius 1 is 0.977 bits per heavy atom. The number of piperidine rings is 2. The number of carbonyl (C=O) groups is 3. The van der Waals surface area contributed by atoms with E-state index < -0.39 is 17.8 Å². The zero-order valence-electron chi connectivity index (χ0n) is 23.6. The van der Waals surface area contributed by atoms with E-state index in [1.54, 1.807) is 49.4 Å². The fourth-order valence-electron chi connectivity index (χ4n) is 6.57. The second-order valence-electron chi connectivity index (χ2n) is 11.8. The summed E-state index contributed by atoms with van der Waals surface area (Å²) in [6.45, 7) is 2.62. The maximum atomic E-state index is 15.1. The summed E-state index contributed by atoms with van der Waals surface area (Å²) in [7, 11) is 0. The number of aryl methyl sites for hydroxylation is 1. The number of carbonyl (C=O) groups excluding carboxylic acids is 3. The summed E-state index contributed by atoms with van der Waals surface area (Å²) in [5.74, 6) is -0.555. The molecular weight excluding hydrogens is 556 g/mol. The number of hydrogen-bond donors (Lipinski definition) is 1. The molecule has 1 N–H and O–H groups in total. The molecule has 4 aliphatic rings. The number of fused-ring (bicyclic) bond motifs is 2. The summed E-state index contributed by atoms with van der Waals surface area (Å²) < 4.78 is 41.5. The monoisotopic (exact) mass is 587 g/mol. The maximum absolute atomic E-state index is 15.1. The second-order valence-corrected chi connectivity index (χ2v) is 11.8. The van der Waals surface area contributed by atoms with Crippen LogP contribution < -0.4 is 19.7 Å². The van der Waals surface area contributed by atoms with Crippen LogP contribution in [0.15, 0.2) is 54.6 Å². The number of halogens is 2. The summed E-state index contributed by atoms with van der Waals surface area (Å²) in [5.41, 5.74) is 2.93. The van der Waals surface area contributed by atoms with Crippen molar-refractivity contribution in [1.29, 1.82) is 0 Å². The number of nitrogens with one attached hydrogen (secondary N) is 1. The molecule has 3 aromatic rings. The number of benzene rings is 3. The van der Waals surface area contributed by atoms with Gasteiger partial charge in [-0.1, -0.05) is 12.1 Å². The van der Waals surface area contributed by atoms with Crippen LogP contribution in [-0.2, 0) is 22.7 Å². The van der Waals surface area contributed by atoms with Crippen LogP contribution in [0.5, 0.6) is 11.5 Å². The van der Waals surface area contributed by atoms with Crippen LogP contribution in [0.2, 0.25) is 0 Å². The maximum Gasteiger partial charge on any atom is 0.255 e. The average molecular weight is 588 g/mol. The van der Waals surface area contributed by atoms with Crippen molar-refractivity contribution in [3.63, 3.8) is 0 Å². The molecule has 0 aromatic heterocycles. The molecule has 3 aliphatic heterocycles. The average Bonchev–Trinajstić information content (AvgIpc) is 3.72. The smallest absolute Gasteiger partial charge is 0.255 e. The lowest BCUT2D eigenvalue weighted by atomic mass is 10.0. The lowest BCUT2D eigenvalue weighted by Crippen LogP contribution is -2.52. The van der Waals surface area contributed by atoms with Crippen LogP contribution in [0, 0.1) is 24.5 Å². The van der Waals surface area contributed by atoms with Gasteiger partial charge in [0.05, 0.1) is 6.54 Å². The Morgan fingerprint density at radius 2 is 1.84 bits per heavy atom. The molecule has 0 radical (unpaired) electrons. The minimum absolute atomic E-state index is 0.0326. The van der Waals surface area contributed by atoms with Crippen LogP contribution in [0.25, 0.3) is 0 Å². The molecule has 43 heavy (non-hydrogen) atoms. The molecule has 0 spiro atoms. The topological polar surface area (TPSA) is 88.2 Å². The highest BCUT2D eigenvalue weighted by molar-refractivity contribution is 6.05. The summed E-state index contributed by atoms with van der Waals surface area (Å²) >= 11 is 0. The van der Waals surface area contributed by atoms with E-state index in [2.05, 4.69) is 10.2 Å². The van der Waals surface area contributed by atoms with Crippen molar-refractivity contribution < 1.29 is 32.6 Å². The van der Waals surface area contributed by atoms with E-state index >= 15 is 4.39 Å². The molecule has 3 aromatic carbocycles. The standard InChI is InChI=1S/C33H31F2N3O5/c1-18-5-7-20(13-25(18)34)37-12-11-30(23-15-28(23)37)43-21-8-6-19(26(35)14-21)17-42-29-4-2-3-22-24(29)16-38(33(22)41)27-9-10-31(39)36-32(27)40/h2-8,13-14,23,27-28,30H,9-12,15-17H2,1H3,(H,36,39,40). The van der Waals surface area contributed by atoms with Crippen molar-refractivity contribution in [3.8, 4) is 11.5 Å². The number of rotatable bonds is 7. The van der Waals surface area contributed by atoms with Gasteiger partial charge in [-0.05, 0) is 61.7 Å². The molecule has 3 fully saturated rings. The SMILES string of the molecule is Cc1ccc(N2CCC(Oc3ccc(COc4cccc5c4CN(C4CCC(=O)NC4=O)C5=O)c(F)c3)C3CC32)cc1F. The number of imide groups is 1. The molecule has 1 aliphatic carbocycles. The van der Waals surface area contributed by atoms with Gasteiger partial charge in [0.1, 0.15) is 41.9 Å². The molecule has 8 nitrogen and oxygen atoms in total. The van der Waals surface area contributed by atoms with Crippen LogP contribution in [0.1, 0.15) is 52.7 Å². The first-order valence-electron chi connectivity index (χ1n) is 14.6. The highest BCUT2D eigenvalue weighted by Gasteiger charge is 2.51. The minimum Gasteiger partial charge on any atom is -0.490 e. The fraction of sp³-hybridized carbons (Fsp3) is 0.364. The molecule has 222 valence electrons. The van der Waals surface area contributed by atoms with Crippen LogP contribution in [-0.4, -0.2) is 47.4 Å². The molecule has 10 heteroatoms. The van der Waals surface area contributed by atoms with Gasteiger partial charge in [-0.2, -0.15) is 0 Å². The van der Waals surface area contributed by atoms with E-state index in [0.717, 1.165) is 25.1 Å². The first-order chi connectivity index (χ1) is 20.8. The van der Waals surface area contributed by atoms with E-state index in [9.17, 15) is 18.8 Å². The summed E-state index contributed by atoms with van der Waals surface area (Å²) in [6, 6.07) is 14.8. The van der Waals surface area contributed by atoms with Gasteiger partial charge in [-0.15, -0.1) is 0 Å². The number of anilines is 1. The lowest BCUT2D eigenvalue weighted by molar-refractivity contribution is -0.136. The Kier molecular flexibility index (Phi) is 6.79. The highest BCUT2D eigenvalue weighted by Crippen LogP contribution is 2.47. The number of amides is 3. The van der Waals surface area contributed by atoms with E-state index in [-0.39, 0.29) is 49.7 Å². The van der Waals surface area contributed by atoms with E-state index in [1.165, 1.54) is 11.0 Å². The van der Waals surface area contributed by atoms with Gasteiger partial charge in [0.2, 0.25) is 11.8 Å². The van der Waals surface area contributed by atoms with Crippen molar-refractivity contribution >= 4 is 23.4 Å². The van der Waals surface area contributed by atoms with Crippen molar-refractivity contribution in [2.24, 2.45) is 5.92 Å². The van der Waals surface area contributed by atoms with Gasteiger partial charge in [0.25, 0.3) is 5.91 Å². The van der Waals surface area contributed by atoms with Crippen molar-refractivity contribution in [3.05, 3.63) is 88.5 Å². The first kappa shape index (κ1) is 27.4. The number of nitrogens with zero attached hydrogens (tertiary/aromatic N) is 2. The number of ether oxygens (including phenoxy) is 2. The summed E-state index contributed by atoms with van der Waals surface area (Å²) in [6.07, 6.45) is 2.13. The largest absolute Gasteiger partial charge is 0.490 e. The van der Waals surface area contributed by atoms with Gasteiger partial charge in [0.15, 0.2) is 0 Å². The quantitative estimate of drug-likeness (QED) is 0.405. The molecule has 4 unspecified atom stereocenters. The van der Waals surface area contributed by atoms with Gasteiger partial charge < -0.3 is 19.3 Å². The zero-order valence-corrected chi connectivity index (χ0v) is 23.6. The molecule has 0 bridgehead atoms. The van der Waals surface area contributed by atoms with Crippen LogP contribution in [0.3, 0.4) is 0 Å². The van der Waals surface area contributed by atoms with Crippen molar-refractivity contribution in [2.45, 2.75) is 63.9 Å². The summed E-state index contributed by atoms with van der Waals surface area (Å²) in [4.78, 5) is 40.7. The third-order valence-corrected chi connectivity index (χ3v) is 9.06. The van der Waals surface area contributed by atoms with Crippen molar-refractivity contribution in [2.75, 3.05) is 11.4 Å². The molecule has 4 atom stereocenters. The normalized spacial score (nSPS) is 24.4. The summed E-state index contributed by atoms with van der Waals surface area (Å²) in [5, 5.41) is 2.30. The Morgan fingerprint density at radius 3 is 2.63 bits per heavy atom. The van der Waals surface area contributed by atoms with Gasteiger partial charge in [-0.25, -0.2) is 8.78 Å². The minimum atomic E-state index is -0.723.